The molecule has 0 heterocycles. The monoisotopic (exact) mass is 829 g/mol. The molecule has 0 saturated carbocycles. The van der Waals surface area contributed by atoms with Crippen LogP contribution in [-0.4, -0.2) is 0 Å². The zero-order valence-corrected chi connectivity index (χ0v) is 36.6. The van der Waals surface area contributed by atoms with Crippen molar-refractivity contribution >= 4 is 17.1 Å². The van der Waals surface area contributed by atoms with E-state index in [-0.39, 0.29) is 5.41 Å². The van der Waals surface area contributed by atoms with Crippen molar-refractivity contribution in [2.75, 3.05) is 4.90 Å². The van der Waals surface area contributed by atoms with E-state index >= 15 is 0 Å². The molecule has 10 aromatic carbocycles. The third-order valence-corrected chi connectivity index (χ3v) is 14.2. The zero-order valence-electron chi connectivity index (χ0n) is 36.6. The number of fused-ring (bicyclic) bond motifs is 6. The summed E-state index contributed by atoms with van der Waals surface area (Å²) in [5.74, 6) is 0. The van der Waals surface area contributed by atoms with Crippen molar-refractivity contribution in [2.45, 2.75) is 24.7 Å². The molecule has 1 heteroatoms. The maximum Gasteiger partial charge on any atom is 0.0713 e. The smallest absolute Gasteiger partial charge is 0.0713 e. The second kappa shape index (κ2) is 15.4. The summed E-state index contributed by atoms with van der Waals surface area (Å²) in [5, 5.41) is 0. The van der Waals surface area contributed by atoms with Crippen molar-refractivity contribution < 1.29 is 0 Å². The predicted molar refractivity (Wildman–Crippen MR) is 272 cm³/mol. The molecular weight excluding hydrogens is 783 g/mol. The van der Waals surface area contributed by atoms with Crippen molar-refractivity contribution in [3.8, 4) is 55.6 Å². The normalized spacial score (nSPS) is 13.6. The van der Waals surface area contributed by atoms with E-state index in [4.69, 9.17) is 0 Å². The predicted octanol–water partition coefficient (Wildman–Crippen LogP) is 16.8. The first kappa shape index (κ1) is 38.7. The Bertz CT molecular complexity index is 3330. The second-order valence-corrected chi connectivity index (χ2v) is 18.1. The fourth-order valence-corrected chi connectivity index (χ4v) is 11.0. The van der Waals surface area contributed by atoms with Crippen LogP contribution in [0.1, 0.15) is 47.2 Å². The fourth-order valence-electron chi connectivity index (χ4n) is 11.0. The average molecular weight is 830 g/mol. The van der Waals surface area contributed by atoms with E-state index in [1.807, 2.05) is 0 Å². The first-order chi connectivity index (χ1) is 32.0. The van der Waals surface area contributed by atoms with E-state index in [0.717, 1.165) is 22.6 Å². The Morgan fingerprint density at radius 3 is 1.28 bits per heavy atom. The Balaban J connectivity index is 0.953. The van der Waals surface area contributed by atoms with Crippen LogP contribution in [0.15, 0.2) is 249 Å². The van der Waals surface area contributed by atoms with Crippen molar-refractivity contribution in [3.05, 3.63) is 282 Å². The van der Waals surface area contributed by atoms with Gasteiger partial charge in [-0.2, -0.15) is 0 Å². The summed E-state index contributed by atoms with van der Waals surface area (Å²) in [6, 6.07) is 91.9. The maximum atomic E-state index is 2.42. The van der Waals surface area contributed by atoms with E-state index in [2.05, 4.69) is 267 Å². The molecule has 0 spiro atoms. The molecule has 308 valence electrons. The van der Waals surface area contributed by atoms with Crippen LogP contribution in [0.5, 0.6) is 0 Å². The molecule has 10 aromatic rings. The lowest BCUT2D eigenvalue weighted by molar-refractivity contribution is 0.660. The maximum absolute atomic E-state index is 2.42. The van der Waals surface area contributed by atoms with Gasteiger partial charge >= 0.3 is 0 Å². The highest BCUT2D eigenvalue weighted by Crippen LogP contribution is 2.56. The van der Waals surface area contributed by atoms with Crippen molar-refractivity contribution in [1.29, 1.82) is 0 Å². The first-order valence-electron chi connectivity index (χ1n) is 22.7. The molecule has 0 saturated heterocycles. The molecule has 12 rings (SSSR count). The van der Waals surface area contributed by atoms with Crippen LogP contribution in [0.4, 0.5) is 17.1 Å². The van der Waals surface area contributed by atoms with E-state index < -0.39 is 5.41 Å². The standard InChI is InChI=1S/C64H47N/c1-63(2)59-28-12-9-25-55(59)58-40-35-49(43-62(58)63)48-20-16-24-54(42-48)65(52-38-33-45(34-39-52)44-17-5-3-6-18-44)53-23-15-19-47(41-53)46-31-36-51(37-32-46)64(50-21-7-4-8-22-50)60-29-13-10-26-56(60)57-27-11-14-30-61(57)64/h3-43H,1-2H3. The highest BCUT2D eigenvalue weighted by molar-refractivity contribution is 5.88. The first-order valence-corrected chi connectivity index (χ1v) is 22.7. The van der Waals surface area contributed by atoms with E-state index in [9.17, 15) is 0 Å². The van der Waals surface area contributed by atoms with Gasteiger partial charge in [-0.25, -0.2) is 0 Å². The molecule has 0 atom stereocenters. The lowest BCUT2D eigenvalue weighted by Crippen LogP contribution is -2.28. The minimum Gasteiger partial charge on any atom is -0.310 e. The van der Waals surface area contributed by atoms with Crippen LogP contribution in [0.25, 0.3) is 55.6 Å². The Labute approximate surface area is 382 Å². The van der Waals surface area contributed by atoms with Crippen molar-refractivity contribution in [3.63, 3.8) is 0 Å². The molecule has 0 bridgehead atoms. The molecule has 0 N–H and O–H groups in total. The second-order valence-electron chi connectivity index (χ2n) is 18.1. The van der Waals surface area contributed by atoms with E-state index in [0.29, 0.717) is 0 Å². The highest BCUT2D eigenvalue weighted by atomic mass is 15.1. The fraction of sp³-hybridized carbons (Fsp3) is 0.0625. The summed E-state index contributed by atoms with van der Waals surface area (Å²) in [4.78, 5) is 2.40. The lowest BCUT2D eigenvalue weighted by atomic mass is 9.67. The molecule has 2 aliphatic carbocycles. The molecule has 65 heavy (non-hydrogen) atoms. The van der Waals surface area contributed by atoms with Gasteiger partial charge in [-0.05, 0) is 131 Å². The lowest BCUT2D eigenvalue weighted by Gasteiger charge is -2.34. The minimum absolute atomic E-state index is 0.0705. The van der Waals surface area contributed by atoms with Gasteiger partial charge in [0.25, 0.3) is 0 Å². The van der Waals surface area contributed by atoms with E-state index in [1.54, 1.807) is 0 Å². The largest absolute Gasteiger partial charge is 0.310 e. The number of hydrogen-bond donors (Lipinski definition) is 0. The van der Waals surface area contributed by atoms with Gasteiger partial charge in [0.15, 0.2) is 0 Å². The van der Waals surface area contributed by atoms with Crippen molar-refractivity contribution in [1.82, 2.24) is 0 Å². The molecule has 0 amide bonds. The third-order valence-electron chi connectivity index (χ3n) is 14.2. The summed E-state index contributed by atoms with van der Waals surface area (Å²) in [6.07, 6.45) is 0. The van der Waals surface area contributed by atoms with Crippen LogP contribution in [-0.2, 0) is 10.8 Å². The molecule has 1 nitrogen and oxygen atoms in total. The SMILES string of the molecule is CC1(C)c2ccccc2-c2ccc(-c3cccc(N(c4ccc(-c5ccccc5)cc4)c4cccc(-c5ccc(C6(c7ccccc7)c7ccccc7-c7ccccc76)cc5)c4)c3)cc21. The summed E-state index contributed by atoms with van der Waals surface area (Å²) in [6.45, 7) is 4.71. The van der Waals surface area contributed by atoms with Crippen LogP contribution in [0, 0.1) is 0 Å². The number of hydrogen-bond acceptors (Lipinski definition) is 1. The van der Waals surface area contributed by atoms with Gasteiger partial charge in [0.05, 0.1) is 5.41 Å². The zero-order chi connectivity index (χ0) is 43.5. The van der Waals surface area contributed by atoms with Gasteiger partial charge in [0.2, 0.25) is 0 Å². The van der Waals surface area contributed by atoms with Gasteiger partial charge in [0, 0.05) is 22.5 Å². The molecule has 0 radical (unpaired) electrons. The van der Waals surface area contributed by atoms with Gasteiger partial charge in [0.1, 0.15) is 0 Å². The Kier molecular flexibility index (Phi) is 9.14. The molecule has 0 aromatic heterocycles. The average Bonchev–Trinajstić information content (AvgIpc) is 3.80. The molecular formula is C64H47N. The van der Waals surface area contributed by atoms with Gasteiger partial charge in [-0.15, -0.1) is 0 Å². The van der Waals surface area contributed by atoms with Crippen molar-refractivity contribution in [2.24, 2.45) is 0 Å². The van der Waals surface area contributed by atoms with Gasteiger partial charge in [-0.1, -0.05) is 220 Å². The topological polar surface area (TPSA) is 3.24 Å². The van der Waals surface area contributed by atoms with Crippen LogP contribution < -0.4 is 4.90 Å². The number of rotatable bonds is 8. The highest BCUT2D eigenvalue weighted by Gasteiger charge is 2.45. The quantitative estimate of drug-likeness (QED) is 0.147. The minimum atomic E-state index is -0.429. The van der Waals surface area contributed by atoms with Crippen LogP contribution >= 0.6 is 0 Å². The summed E-state index contributed by atoms with van der Waals surface area (Å²) >= 11 is 0. The number of nitrogens with zero attached hydrogens (tertiary/aromatic N) is 1. The summed E-state index contributed by atoms with van der Waals surface area (Å²) < 4.78 is 0. The van der Waals surface area contributed by atoms with Gasteiger partial charge in [-0.3, -0.25) is 0 Å². The van der Waals surface area contributed by atoms with Gasteiger partial charge < -0.3 is 4.90 Å². The molecule has 2 aliphatic rings. The third kappa shape index (κ3) is 6.22. The molecule has 0 aliphatic heterocycles. The summed E-state index contributed by atoms with van der Waals surface area (Å²) in [7, 11) is 0. The molecule has 0 unspecified atom stereocenters. The Morgan fingerprint density at radius 1 is 0.262 bits per heavy atom. The van der Waals surface area contributed by atoms with Crippen LogP contribution in [0.2, 0.25) is 0 Å². The Morgan fingerprint density at radius 2 is 0.662 bits per heavy atom. The Hall–Kier alpha value is -8.00. The summed E-state index contributed by atoms with van der Waals surface area (Å²) in [5.41, 5.74) is 23.2. The number of benzene rings is 10. The number of anilines is 3. The molecule has 0 fully saturated rings. The van der Waals surface area contributed by atoms with Crippen LogP contribution in [0.3, 0.4) is 0 Å². The van der Waals surface area contributed by atoms with E-state index in [1.165, 1.54) is 83.5 Å².